The molecule has 0 bridgehead atoms. The van der Waals surface area contributed by atoms with Gasteiger partial charge in [-0.2, -0.15) is 0 Å². The van der Waals surface area contributed by atoms with Gasteiger partial charge in [0.05, 0.1) is 0 Å². The third-order valence-corrected chi connectivity index (χ3v) is 6.00. The van der Waals surface area contributed by atoms with Gasteiger partial charge in [-0.15, -0.1) is 10.2 Å². The number of rotatable bonds is 5. The van der Waals surface area contributed by atoms with Crippen molar-refractivity contribution in [1.82, 2.24) is 10.2 Å². The molecule has 1 aromatic heterocycles. The van der Waals surface area contributed by atoms with Crippen LogP contribution in [0.25, 0.3) is 11.5 Å². The lowest BCUT2D eigenvalue weighted by Gasteiger charge is -2.24. The van der Waals surface area contributed by atoms with Gasteiger partial charge in [-0.25, -0.2) is 4.39 Å². The zero-order chi connectivity index (χ0) is 21.2. The maximum Gasteiger partial charge on any atom is 0.247 e. The van der Waals surface area contributed by atoms with Crippen LogP contribution >= 0.6 is 11.6 Å². The Morgan fingerprint density at radius 2 is 1.77 bits per heavy atom. The van der Waals surface area contributed by atoms with E-state index in [-0.39, 0.29) is 5.82 Å². The lowest BCUT2D eigenvalue weighted by molar-refractivity contribution is 0.493. The molecule has 1 aliphatic carbocycles. The summed E-state index contributed by atoms with van der Waals surface area (Å²) in [4.78, 5) is 0. The van der Waals surface area contributed by atoms with E-state index in [1.165, 1.54) is 29.7 Å². The fourth-order valence-electron chi connectivity index (χ4n) is 4.13. The zero-order valence-corrected chi connectivity index (χ0v) is 17.6. The predicted octanol–water partition coefficient (Wildman–Crippen LogP) is 6.61. The minimum Gasteiger partial charge on any atom is -0.418 e. The molecular formula is C25H21ClFN3O. The monoisotopic (exact) mass is 433 g/mol. The molecule has 0 saturated heterocycles. The number of nitrogens with zero attached hydrogens (tertiary/aromatic N) is 2. The van der Waals surface area contributed by atoms with E-state index in [2.05, 4.69) is 33.7 Å². The number of hydrogen-bond donors (Lipinski definition) is 1. The molecule has 1 atom stereocenters. The molecule has 4 nitrogen and oxygen atoms in total. The van der Waals surface area contributed by atoms with Crippen molar-refractivity contribution >= 4 is 17.3 Å². The highest BCUT2D eigenvalue weighted by Gasteiger charge is 2.25. The minimum atomic E-state index is -0.508. The molecule has 0 saturated carbocycles. The fraction of sp³-hybridized carbons (Fsp3) is 0.200. The summed E-state index contributed by atoms with van der Waals surface area (Å²) in [6, 6.07) is 19.7. The topological polar surface area (TPSA) is 51.0 Å². The van der Waals surface area contributed by atoms with Crippen LogP contribution < -0.4 is 5.32 Å². The maximum absolute atomic E-state index is 13.7. The van der Waals surface area contributed by atoms with Crippen LogP contribution in [0.1, 0.15) is 41.5 Å². The Morgan fingerprint density at radius 3 is 2.61 bits per heavy atom. The molecular weight excluding hydrogens is 413 g/mol. The summed E-state index contributed by atoms with van der Waals surface area (Å²) in [5.41, 5.74) is 5.19. The Kier molecular flexibility index (Phi) is 5.43. The van der Waals surface area contributed by atoms with Crippen molar-refractivity contribution in [3.05, 3.63) is 100 Å². The Hall–Kier alpha value is -3.18. The van der Waals surface area contributed by atoms with Gasteiger partial charge in [0.15, 0.2) is 0 Å². The maximum atomic E-state index is 13.7. The van der Waals surface area contributed by atoms with E-state index < -0.39 is 6.04 Å². The molecule has 0 spiro atoms. The van der Waals surface area contributed by atoms with Gasteiger partial charge < -0.3 is 9.73 Å². The smallest absolute Gasteiger partial charge is 0.247 e. The van der Waals surface area contributed by atoms with Crippen LogP contribution in [0.5, 0.6) is 0 Å². The van der Waals surface area contributed by atoms with E-state index in [0.717, 1.165) is 30.5 Å². The third kappa shape index (κ3) is 4.06. The number of aryl methyl sites for hydroxylation is 1. The molecule has 0 unspecified atom stereocenters. The van der Waals surface area contributed by atoms with Crippen molar-refractivity contribution in [3.63, 3.8) is 0 Å². The van der Waals surface area contributed by atoms with Gasteiger partial charge >= 0.3 is 0 Å². The summed E-state index contributed by atoms with van der Waals surface area (Å²) >= 11 is 6.44. The summed E-state index contributed by atoms with van der Waals surface area (Å²) in [6.07, 6.45) is 4.45. The number of aromatic nitrogens is 2. The zero-order valence-electron chi connectivity index (χ0n) is 16.8. The predicted molar refractivity (Wildman–Crippen MR) is 120 cm³/mol. The van der Waals surface area contributed by atoms with Crippen LogP contribution in [0.2, 0.25) is 5.02 Å². The summed E-state index contributed by atoms with van der Waals surface area (Å²) < 4.78 is 19.8. The first-order valence-corrected chi connectivity index (χ1v) is 10.8. The molecule has 5 rings (SSSR count). The van der Waals surface area contributed by atoms with Crippen molar-refractivity contribution in [1.29, 1.82) is 0 Å². The summed E-state index contributed by atoms with van der Waals surface area (Å²) in [7, 11) is 0. The molecule has 1 heterocycles. The number of nitrogens with one attached hydrogen (secondary N) is 1. The van der Waals surface area contributed by atoms with Crippen molar-refractivity contribution in [3.8, 4) is 11.5 Å². The van der Waals surface area contributed by atoms with E-state index in [0.29, 0.717) is 22.4 Å². The SMILES string of the molecule is Fc1ccc([C@@H](Nc2cccc3c2CCCC3)c2nnc(-c3ccccc3)o2)c(Cl)c1. The highest BCUT2D eigenvalue weighted by atomic mass is 35.5. The average Bonchev–Trinajstić information content (AvgIpc) is 3.29. The highest BCUT2D eigenvalue weighted by Crippen LogP contribution is 2.36. The first kappa shape index (κ1) is 19.8. The molecule has 0 radical (unpaired) electrons. The van der Waals surface area contributed by atoms with E-state index in [9.17, 15) is 4.39 Å². The molecule has 156 valence electrons. The lowest BCUT2D eigenvalue weighted by atomic mass is 9.90. The van der Waals surface area contributed by atoms with E-state index in [4.69, 9.17) is 16.0 Å². The van der Waals surface area contributed by atoms with Crippen molar-refractivity contribution in [2.75, 3.05) is 5.32 Å². The second-order valence-corrected chi connectivity index (χ2v) is 8.11. The molecule has 6 heteroatoms. The van der Waals surface area contributed by atoms with E-state index in [1.807, 2.05) is 30.3 Å². The molecule has 1 N–H and O–H groups in total. The first-order valence-electron chi connectivity index (χ1n) is 10.4. The summed E-state index contributed by atoms with van der Waals surface area (Å²) in [6.45, 7) is 0. The Balaban J connectivity index is 1.57. The largest absolute Gasteiger partial charge is 0.418 e. The first-order chi connectivity index (χ1) is 15.2. The number of benzene rings is 3. The summed E-state index contributed by atoms with van der Waals surface area (Å²) in [5, 5.41) is 12.4. The molecule has 0 fully saturated rings. The van der Waals surface area contributed by atoms with Crippen molar-refractivity contribution in [2.45, 2.75) is 31.7 Å². The minimum absolute atomic E-state index is 0.307. The molecule has 1 aliphatic rings. The van der Waals surface area contributed by atoms with Crippen LogP contribution in [0.3, 0.4) is 0 Å². The van der Waals surface area contributed by atoms with Crippen molar-refractivity contribution < 1.29 is 8.81 Å². The number of anilines is 1. The molecule has 0 amide bonds. The standard InChI is InChI=1S/C25H21ClFN3O/c26-21-15-18(27)13-14-20(21)23(25-30-29-24(31-25)17-8-2-1-3-9-17)28-22-12-6-10-16-7-4-5-11-19(16)22/h1-3,6,8-10,12-15,23,28H,4-5,7,11H2/t23-/m1/s1. The number of hydrogen-bond acceptors (Lipinski definition) is 4. The van der Waals surface area contributed by atoms with Crippen LogP contribution in [0.15, 0.2) is 71.1 Å². The second kappa shape index (κ2) is 8.52. The highest BCUT2D eigenvalue weighted by molar-refractivity contribution is 6.31. The number of halogens is 2. The lowest BCUT2D eigenvalue weighted by Crippen LogP contribution is -2.16. The van der Waals surface area contributed by atoms with Gasteiger partial charge in [0.25, 0.3) is 0 Å². The van der Waals surface area contributed by atoms with Crippen LogP contribution in [0, 0.1) is 5.82 Å². The van der Waals surface area contributed by atoms with Crippen LogP contribution in [0.4, 0.5) is 10.1 Å². The Bertz CT molecular complexity index is 1210. The van der Waals surface area contributed by atoms with Crippen molar-refractivity contribution in [2.24, 2.45) is 0 Å². The Morgan fingerprint density at radius 1 is 0.935 bits per heavy atom. The Labute approximate surface area is 185 Å². The van der Waals surface area contributed by atoms with Gasteiger partial charge in [0.1, 0.15) is 11.9 Å². The number of fused-ring (bicyclic) bond motifs is 1. The van der Waals surface area contributed by atoms with Gasteiger partial charge in [-0.05, 0) is 67.1 Å². The molecule has 0 aliphatic heterocycles. The molecule has 31 heavy (non-hydrogen) atoms. The second-order valence-electron chi connectivity index (χ2n) is 7.71. The van der Waals surface area contributed by atoms with Gasteiger partial charge in [-0.3, -0.25) is 0 Å². The summed E-state index contributed by atoms with van der Waals surface area (Å²) in [5.74, 6) is 0.414. The van der Waals surface area contributed by atoms with Gasteiger partial charge in [0, 0.05) is 21.8 Å². The molecule has 4 aromatic rings. The van der Waals surface area contributed by atoms with Crippen LogP contribution in [-0.4, -0.2) is 10.2 Å². The van der Waals surface area contributed by atoms with E-state index in [1.54, 1.807) is 6.07 Å². The average molecular weight is 434 g/mol. The molecule has 3 aromatic carbocycles. The normalized spacial score (nSPS) is 14.1. The van der Waals surface area contributed by atoms with E-state index >= 15 is 0 Å². The third-order valence-electron chi connectivity index (χ3n) is 5.68. The van der Waals surface area contributed by atoms with Gasteiger partial charge in [-0.1, -0.05) is 48.0 Å². The van der Waals surface area contributed by atoms with Gasteiger partial charge in [0.2, 0.25) is 11.8 Å². The quantitative estimate of drug-likeness (QED) is 0.384. The van der Waals surface area contributed by atoms with Crippen LogP contribution in [-0.2, 0) is 12.8 Å². The fourth-order valence-corrected chi connectivity index (χ4v) is 4.41.